The summed E-state index contributed by atoms with van der Waals surface area (Å²) in [6.07, 6.45) is 0. The Hall–Kier alpha value is -1.34. The molecular formula is C10H8BrNO4S. The standard InChI is InChI=1S/C10H8BrNO4S/c11-10-12-7(6-17(10,14)15)5-16-9-3-1-8(13)2-4-9/h1-4,6,13H,5H2. The summed E-state index contributed by atoms with van der Waals surface area (Å²) in [5.74, 6) is 0.667. The Kier molecular flexibility index (Phi) is 3.21. The number of hydrogen-bond donors (Lipinski definition) is 1. The second-order valence-corrected chi connectivity index (χ2v) is 6.29. The molecular weight excluding hydrogens is 310 g/mol. The van der Waals surface area contributed by atoms with Crippen molar-refractivity contribution in [2.24, 2.45) is 4.99 Å². The van der Waals surface area contributed by atoms with Crippen LogP contribution in [0.25, 0.3) is 0 Å². The van der Waals surface area contributed by atoms with Gasteiger partial charge in [-0.25, -0.2) is 13.4 Å². The quantitative estimate of drug-likeness (QED) is 0.922. The molecule has 0 saturated heterocycles. The number of ether oxygens (including phenoxy) is 1. The van der Waals surface area contributed by atoms with Crippen LogP contribution in [0.1, 0.15) is 0 Å². The van der Waals surface area contributed by atoms with Crippen molar-refractivity contribution in [3.63, 3.8) is 0 Å². The summed E-state index contributed by atoms with van der Waals surface area (Å²) in [5, 5.41) is 10.1. The number of sulfone groups is 1. The van der Waals surface area contributed by atoms with Gasteiger partial charge < -0.3 is 9.84 Å². The number of hydrogen-bond acceptors (Lipinski definition) is 5. The lowest BCUT2D eigenvalue weighted by Gasteiger charge is -2.04. The lowest BCUT2D eigenvalue weighted by Crippen LogP contribution is -1.99. The van der Waals surface area contributed by atoms with Crippen LogP contribution in [-0.2, 0) is 9.84 Å². The van der Waals surface area contributed by atoms with E-state index in [4.69, 9.17) is 9.84 Å². The van der Waals surface area contributed by atoms with Gasteiger partial charge in [-0.1, -0.05) is 0 Å². The number of phenols is 1. The summed E-state index contributed by atoms with van der Waals surface area (Å²) in [7, 11) is -3.40. The van der Waals surface area contributed by atoms with E-state index in [9.17, 15) is 8.42 Å². The zero-order valence-electron chi connectivity index (χ0n) is 8.50. The monoisotopic (exact) mass is 317 g/mol. The smallest absolute Gasteiger partial charge is 0.225 e. The molecule has 0 unspecified atom stereocenters. The second-order valence-electron chi connectivity index (χ2n) is 3.30. The van der Waals surface area contributed by atoms with Crippen molar-refractivity contribution in [3.8, 4) is 11.5 Å². The average Bonchev–Trinajstić information content (AvgIpc) is 2.52. The Balaban J connectivity index is 2.03. The van der Waals surface area contributed by atoms with E-state index in [1.54, 1.807) is 12.1 Å². The molecule has 0 saturated carbocycles. The molecule has 0 fully saturated rings. The van der Waals surface area contributed by atoms with Crippen molar-refractivity contribution >= 4 is 29.7 Å². The molecule has 0 atom stereocenters. The molecule has 17 heavy (non-hydrogen) atoms. The molecule has 1 N–H and O–H groups in total. The van der Waals surface area contributed by atoms with Gasteiger partial charge in [0.25, 0.3) is 0 Å². The molecule has 0 radical (unpaired) electrons. The van der Waals surface area contributed by atoms with Gasteiger partial charge >= 0.3 is 0 Å². The summed E-state index contributed by atoms with van der Waals surface area (Å²) in [4.78, 5) is 3.81. The molecule has 1 aliphatic heterocycles. The molecule has 1 heterocycles. The van der Waals surface area contributed by atoms with Crippen LogP contribution in [0.2, 0.25) is 0 Å². The third kappa shape index (κ3) is 2.86. The lowest BCUT2D eigenvalue weighted by molar-refractivity contribution is 0.350. The van der Waals surface area contributed by atoms with E-state index >= 15 is 0 Å². The van der Waals surface area contributed by atoms with E-state index in [2.05, 4.69) is 20.9 Å². The molecule has 0 bridgehead atoms. The van der Waals surface area contributed by atoms with Gasteiger partial charge in [-0.2, -0.15) is 0 Å². The first-order valence-electron chi connectivity index (χ1n) is 4.59. The molecule has 2 rings (SSSR count). The minimum absolute atomic E-state index is 0.0547. The Labute approximate surface area is 106 Å². The van der Waals surface area contributed by atoms with Crippen LogP contribution in [0.15, 0.2) is 40.4 Å². The van der Waals surface area contributed by atoms with Crippen LogP contribution in [0.5, 0.6) is 11.5 Å². The molecule has 0 aliphatic carbocycles. The summed E-state index contributed by atoms with van der Waals surface area (Å²) < 4.78 is 27.8. The minimum Gasteiger partial charge on any atom is -0.508 e. The SMILES string of the molecule is O=S1(=O)C=C(COc2ccc(O)cc2)N=C1Br. The van der Waals surface area contributed by atoms with E-state index in [1.165, 1.54) is 12.1 Å². The van der Waals surface area contributed by atoms with Gasteiger partial charge in [0.15, 0.2) is 0 Å². The van der Waals surface area contributed by atoms with E-state index in [-0.39, 0.29) is 16.3 Å². The van der Waals surface area contributed by atoms with E-state index in [1.807, 2.05) is 0 Å². The highest BCUT2D eigenvalue weighted by Gasteiger charge is 2.22. The van der Waals surface area contributed by atoms with Gasteiger partial charge in [-0.3, -0.25) is 0 Å². The fourth-order valence-electron chi connectivity index (χ4n) is 1.20. The van der Waals surface area contributed by atoms with Gasteiger partial charge in [0, 0.05) is 0 Å². The molecule has 1 aromatic carbocycles. The van der Waals surface area contributed by atoms with Crippen LogP contribution in [0, 0.1) is 0 Å². The maximum absolute atomic E-state index is 11.3. The molecule has 5 nitrogen and oxygen atoms in total. The Morgan fingerprint density at radius 2 is 1.94 bits per heavy atom. The molecule has 0 aromatic heterocycles. The zero-order valence-corrected chi connectivity index (χ0v) is 10.9. The molecule has 1 aromatic rings. The number of phenolic OH excluding ortho intramolecular Hbond substituents is 1. The highest BCUT2D eigenvalue weighted by Crippen LogP contribution is 2.21. The predicted octanol–water partition coefficient (Wildman–Crippen LogP) is 1.79. The average molecular weight is 318 g/mol. The number of nitrogens with zero attached hydrogens (tertiary/aromatic N) is 1. The fraction of sp³-hybridized carbons (Fsp3) is 0.100. The van der Waals surface area contributed by atoms with E-state index in [0.717, 1.165) is 5.41 Å². The number of halogens is 1. The number of benzene rings is 1. The van der Waals surface area contributed by atoms with Gasteiger partial charge in [0.2, 0.25) is 13.8 Å². The minimum atomic E-state index is -3.40. The fourth-order valence-corrected chi connectivity index (χ4v) is 2.53. The summed E-state index contributed by atoms with van der Waals surface area (Å²) >= 11 is 2.86. The molecule has 1 aliphatic rings. The van der Waals surface area contributed by atoms with Crippen molar-refractivity contribution in [2.75, 3.05) is 6.61 Å². The highest BCUT2D eigenvalue weighted by molar-refractivity contribution is 9.21. The second kappa shape index (κ2) is 4.50. The van der Waals surface area contributed by atoms with Crippen molar-refractivity contribution in [3.05, 3.63) is 35.4 Å². The summed E-state index contributed by atoms with van der Waals surface area (Å²) in [6, 6.07) is 6.12. The molecule has 0 spiro atoms. The van der Waals surface area contributed by atoms with Gasteiger partial charge in [-0.15, -0.1) is 0 Å². The number of aliphatic imine (C=N–C) groups is 1. The van der Waals surface area contributed by atoms with Crippen molar-refractivity contribution in [1.82, 2.24) is 0 Å². The molecule has 0 amide bonds. The normalized spacial score (nSPS) is 17.5. The van der Waals surface area contributed by atoms with Crippen molar-refractivity contribution < 1.29 is 18.3 Å². The Morgan fingerprint density at radius 3 is 2.47 bits per heavy atom. The van der Waals surface area contributed by atoms with Crippen molar-refractivity contribution in [2.45, 2.75) is 0 Å². The van der Waals surface area contributed by atoms with Crippen molar-refractivity contribution in [1.29, 1.82) is 0 Å². The van der Waals surface area contributed by atoms with Crippen LogP contribution in [0.4, 0.5) is 0 Å². The molecule has 90 valence electrons. The van der Waals surface area contributed by atoms with E-state index in [0.29, 0.717) is 11.4 Å². The van der Waals surface area contributed by atoms with Crippen LogP contribution < -0.4 is 4.74 Å². The maximum atomic E-state index is 11.3. The zero-order chi connectivity index (χ0) is 12.5. The first-order valence-corrected chi connectivity index (χ1v) is 6.93. The number of rotatable bonds is 3. The third-order valence-electron chi connectivity index (χ3n) is 1.98. The largest absolute Gasteiger partial charge is 0.508 e. The predicted molar refractivity (Wildman–Crippen MR) is 67.0 cm³/mol. The van der Waals surface area contributed by atoms with Crippen LogP contribution in [-0.4, -0.2) is 24.1 Å². The van der Waals surface area contributed by atoms with Gasteiger partial charge in [-0.05, 0) is 40.2 Å². The van der Waals surface area contributed by atoms with Crippen LogP contribution >= 0.6 is 15.9 Å². The van der Waals surface area contributed by atoms with Crippen LogP contribution in [0.3, 0.4) is 0 Å². The first-order chi connectivity index (χ1) is 7.97. The molecule has 7 heteroatoms. The number of aromatic hydroxyl groups is 1. The Morgan fingerprint density at radius 1 is 1.29 bits per heavy atom. The highest BCUT2D eigenvalue weighted by atomic mass is 79.9. The maximum Gasteiger partial charge on any atom is 0.225 e. The topological polar surface area (TPSA) is 76.0 Å². The third-order valence-corrected chi connectivity index (χ3v) is 4.66. The lowest BCUT2D eigenvalue weighted by atomic mass is 10.3. The van der Waals surface area contributed by atoms with E-state index < -0.39 is 9.84 Å². The Bertz CT molecular complexity index is 589. The van der Waals surface area contributed by atoms with Gasteiger partial charge in [0.05, 0.1) is 11.1 Å². The summed E-state index contributed by atoms with van der Waals surface area (Å²) in [6.45, 7) is 0.0547. The summed E-state index contributed by atoms with van der Waals surface area (Å²) in [5.41, 5.74) is 0.324. The first kappa shape index (κ1) is 12.1. The van der Waals surface area contributed by atoms with Gasteiger partial charge in [0.1, 0.15) is 18.1 Å².